The van der Waals surface area contributed by atoms with E-state index in [2.05, 4.69) is 5.32 Å². The minimum Gasteiger partial charge on any atom is -0.479 e. The van der Waals surface area contributed by atoms with Crippen LogP contribution in [-0.2, 0) is 14.6 Å². The summed E-state index contributed by atoms with van der Waals surface area (Å²) in [6.07, 6.45) is -5.17. The Morgan fingerprint density at radius 2 is 1.81 bits per heavy atom. The lowest BCUT2D eigenvalue weighted by Gasteiger charge is -2.31. The molecule has 0 aromatic heterocycles. The van der Waals surface area contributed by atoms with Gasteiger partial charge in [-0.3, -0.25) is 0 Å². The van der Waals surface area contributed by atoms with Crippen LogP contribution in [0.5, 0.6) is 0 Å². The topological polar surface area (TPSA) is 113 Å². The molecule has 1 rings (SSSR count). The van der Waals surface area contributed by atoms with Gasteiger partial charge in [0.25, 0.3) is 0 Å². The Balaban J connectivity index is 2.84. The van der Waals surface area contributed by atoms with E-state index in [4.69, 9.17) is 5.11 Å². The van der Waals surface area contributed by atoms with Crippen LogP contribution in [0, 0.1) is 0 Å². The van der Waals surface area contributed by atoms with Gasteiger partial charge in [-0.15, -0.1) is 0 Å². The number of carboxylic acid groups (broad SMARTS) is 1. The summed E-state index contributed by atoms with van der Waals surface area (Å²) in [6.45, 7) is 1.67. The van der Waals surface area contributed by atoms with Crippen LogP contribution in [0.3, 0.4) is 0 Å². The van der Waals surface area contributed by atoms with Crippen molar-refractivity contribution in [1.82, 2.24) is 10.6 Å². The molecule has 2 unspecified atom stereocenters. The summed E-state index contributed by atoms with van der Waals surface area (Å²) in [5.74, 6) is -2.88. The van der Waals surface area contributed by atoms with E-state index in [-0.39, 0.29) is 12.2 Å². The van der Waals surface area contributed by atoms with Crippen molar-refractivity contribution in [3.63, 3.8) is 0 Å². The number of urea groups is 1. The lowest BCUT2D eigenvalue weighted by atomic mass is 10.0. The van der Waals surface area contributed by atoms with Gasteiger partial charge >= 0.3 is 18.2 Å². The molecule has 1 aliphatic rings. The van der Waals surface area contributed by atoms with Crippen molar-refractivity contribution in [2.45, 2.75) is 37.5 Å². The second kappa shape index (κ2) is 5.04. The Kier molecular flexibility index (Phi) is 4.21. The molecule has 11 heteroatoms. The van der Waals surface area contributed by atoms with Gasteiger partial charge in [0, 0.05) is 0 Å². The predicted octanol–water partition coefficient (Wildman–Crippen LogP) is 0.268. The molecule has 0 bridgehead atoms. The number of sulfone groups is 1. The van der Waals surface area contributed by atoms with E-state index in [1.807, 2.05) is 0 Å². The molecule has 0 aromatic rings. The molecule has 1 saturated heterocycles. The smallest absolute Gasteiger partial charge is 0.422 e. The molecule has 21 heavy (non-hydrogen) atoms. The third kappa shape index (κ3) is 3.77. The van der Waals surface area contributed by atoms with Gasteiger partial charge in [-0.1, -0.05) is 0 Å². The molecule has 0 saturated carbocycles. The average Bonchev–Trinajstić information content (AvgIpc) is 2.49. The summed E-state index contributed by atoms with van der Waals surface area (Å²) < 4.78 is 60.9. The van der Waals surface area contributed by atoms with Crippen molar-refractivity contribution in [3.8, 4) is 0 Å². The number of rotatable bonds is 3. The number of aliphatic carboxylic acids is 1. The van der Waals surface area contributed by atoms with E-state index < -0.39 is 44.8 Å². The van der Waals surface area contributed by atoms with Crippen molar-refractivity contribution in [3.05, 3.63) is 0 Å². The minimum absolute atomic E-state index is 0.0402. The molecule has 2 atom stereocenters. The highest BCUT2D eigenvalue weighted by molar-refractivity contribution is 7.91. The maximum Gasteiger partial charge on any atom is 0.422 e. The molecule has 0 aliphatic carbocycles. The van der Waals surface area contributed by atoms with Crippen LogP contribution < -0.4 is 10.6 Å². The van der Waals surface area contributed by atoms with Gasteiger partial charge in [0.2, 0.25) is 5.54 Å². The molecule has 1 aliphatic heterocycles. The van der Waals surface area contributed by atoms with E-state index in [0.717, 1.165) is 0 Å². The summed E-state index contributed by atoms with van der Waals surface area (Å²) in [7, 11) is -3.37. The number of nitrogens with one attached hydrogen (secondary N) is 2. The van der Waals surface area contributed by atoms with Gasteiger partial charge in [-0.2, -0.15) is 13.2 Å². The fourth-order valence-electron chi connectivity index (χ4n) is 1.89. The first-order valence-corrected chi connectivity index (χ1v) is 7.64. The molecule has 2 amide bonds. The highest BCUT2D eigenvalue weighted by Crippen LogP contribution is 2.30. The van der Waals surface area contributed by atoms with Crippen LogP contribution in [0.25, 0.3) is 0 Å². The van der Waals surface area contributed by atoms with Crippen molar-refractivity contribution in [2.75, 3.05) is 11.5 Å². The number of carbonyl (C=O) groups excluding carboxylic acids is 1. The Labute approximate surface area is 118 Å². The number of amides is 2. The number of halogens is 3. The Hall–Kier alpha value is -1.52. The van der Waals surface area contributed by atoms with Crippen molar-refractivity contribution in [2.24, 2.45) is 0 Å². The van der Waals surface area contributed by atoms with Crippen LogP contribution >= 0.6 is 0 Å². The number of hydrogen-bond donors (Lipinski definition) is 3. The van der Waals surface area contributed by atoms with E-state index in [9.17, 15) is 31.2 Å². The zero-order chi connectivity index (χ0) is 16.7. The summed E-state index contributed by atoms with van der Waals surface area (Å²) in [6, 6.07) is -1.39. The number of carboxylic acids is 1. The Morgan fingerprint density at radius 1 is 1.29 bits per heavy atom. The van der Waals surface area contributed by atoms with E-state index in [0.29, 0.717) is 6.92 Å². The normalized spacial score (nSPS) is 27.7. The largest absolute Gasteiger partial charge is 0.479 e. The molecule has 7 nitrogen and oxygen atoms in total. The zero-order valence-electron chi connectivity index (χ0n) is 11.2. The summed E-state index contributed by atoms with van der Waals surface area (Å²) >= 11 is 0. The fraction of sp³-hybridized carbons (Fsp3) is 0.800. The minimum atomic E-state index is -5.21. The molecule has 0 aromatic carbocycles. The van der Waals surface area contributed by atoms with Crippen LogP contribution in [0.1, 0.15) is 20.3 Å². The first-order valence-electron chi connectivity index (χ1n) is 5.82. The highest BCUT2D eigenvalue weighted by Gasteiger charge is 2.59. The fourth-order valence-corrected chi connectivity index (χ4v) is 3.98. The zero-order valence-corrected chi connectivity index (χ0v) is 12.1. The van der Waals surface area contributed by atoms with Gasteiger partial charge in [0.05, 0.1) is 17.0 Å². The van der Waals surface area contributed by atoms with Crippen LogP contribution in [-0.4, -0.2) is 54.3 Å². The maximum absolute atomic E-state index is 12.7. The molecule has 3 N–H and O–H groups in total. The van der Waals surface area contributed by atoms with Gasteiger partial charge in [0.1, 0.15) is 0 Å². The van der Waals surface area contributed by atoms with E-state index in [1.165, 1.54) is 12.2 Å². The second-order valence-electron chi connectivity index (χ2n) is 5.41. The van der Waals surface area contributed by atoms with Gasteiger partial charge in [-0.05, 0) is 20.3 Å². The van der Waals surface area contributed by atoms with Gasteiger partial charge in [-0.25, -0.2) is 18.0 Å². The number of alkyl halides is 3. The quantitative estimate of drug-likeness (QED) is 0.687. The predicted molar refractivity (Wildman–Crippen MR) is 65.4 cm³/mol. The summed E-state index contributed by atoms with van der Waals surface area (Å²) in [5.41, 5.74) is -4.70. The first kappa shape index (κ1) is 17.5. The maximum atomic E-state index is 12.7. The van der Waals surface area contributed by atoms with Gasteiger partial charge < -0.3 is 15.7 Å². The Bertz CT molecular complexity index is 562. The third-order valence-corrected chi connectivity index (χ3v) is 5.18. The highest BCUT2D eigenvalue weighted by atomic mass is 32.2. The molecule has 0 radical (unpaired) electrons. The van der Waals surface area contributed by atoms with Crippen molar-refractivity contribution in [1.29, 1.82) is 0 Å². The molecular weight excluding hydrogens is 317 g/mol. The standard InChI is InChI=1S/C10H15F3N2O5S/c1-8(3-4-21(19,20)5-8)14-7(18)15-9(2,6(16)17)10(11,12)13/h3-5H2,1-2H3,(H,16,17)(H2,14,15,18). The Morgan fingerprint density at radius 3 is 2.14 bits per heavy atom. The average molecular weight is 332 g/mol. The molecule has 1 fully saturated rings. The second-order valence-corrected chi connectivity index (χ2v) is 7.59. The number of carbonyl (C=O) groups is 2. The lowest BCUT2D eigenvalue weighted by molar-refractivity contribution is -0.203. The van der Waals surface area contributed by atoms with Gasteiger partial charge in [0.15, 0.2) is 9.84 Å². The lowest BCUT2D eigenvalue weighted by Crippen LogP contribution is -2.65. The molecule has 1 heterocycles. The molecular formula is C10H15F3N2O5S. The van der Waals surface area contributed by atoms with Crippen LogP contribution in [0.4, 0.5) is 18.0 Å². The summed E-state index contributed by atoms with van der Waals surface area (Å²) in [5, 5.41) is 12.1. The van der Waals surface area contributed by atoms with Crippen molar-refractivity contribution >= 4 is 21.8 Å². The number of hydrogen-bond acceptors (Lipinski definition) is 4. The monoisotopic (exact) mass is 332 g/mol. The SMILES string of the molecule is CC1(NC(=O)NC(C)(C(=O)O)C(F)(F)F)CCS(=O)(=O)C1. The van der Waals surface area contributed by atoms with E-state index >= 15 is 0 Å². The first-order chi connectivity index (χ1) is 9.21. The van der Waals surface area contributed by atoms with Crippen LogP contribution in [0.15, 0.2) is 0 Å². The molecule has 122 valence electrons. The van der Waals surface area contributed by atoms with E-state index in [1.54, 1.807) is 0 Å². The molecule has 0 spiro atoms. The third-order valence-electron chi connectivity index (χ3n) is 3.28. The van der Waals surface area contributed by atoms with Crippen LogP contribution in [0.2, 0.25) is 0 Å². The van der Waals surface area contributed by atoms with Crippen molar-refractivity contribution < 1.29 is 36.3 Å². The summed E-state index contributed by atoms with van der Waals surface area (Å²) in [4.78, 5) is 22.4.